The third-order valence-electron chi connectivity index (χ3n) is 2.83. The van der Waals surface area contributed by atoms with E-state index in [2.05, 4.69) is 21.2 Å². The van der Waals surface area contributed by atoms with E-state index in [9.17, 15) is 14.7 Å². The summed E-state index contributed by atoms with van der Waals surface area (Å²) in [4.78, 5) is 23.1. The number of rotatable bonds is 4. The summed E-state index contributed by atoms with van der Waals surface area (Å²) in [6, 6.07) is 11.1. The summed E-state index contributed by atoms with van der Waals surface area (Å²) in [5, 5.41) is 21.3. The Labute approximate surface area is 129 Å². The van der Waals surface area contributed by atoms with E-state index in [1.165, 1.54) is 18.2 Å². The molecule has 0 spiro atoms. The number of aromatic hydroxyl groups is 1. The highest BCUT2D eigenvalue weighted by atomic mass is 79.9. The quantitative estimate of drug-likeness (QED) is 0.791. The van der Waals surface area contributed by atoms with Gasteiger partial charge in [0, 0.05) is 10.0 Å². The second-order valence-electron chi connectivity index (χ2n) is 4.35. The molecule has 2 aromatic rings. The van der Waals surface area contributed by atoms with Gasteiger partial charge in [0.05, 0.1) is 17.7 Å². The third-order valence-corrected chi connectivity index (χ3v) is 3.32. The van der Waals surface area contributed by atoms with Crippen LogP contribution in [-0.2, 0) is 11.2 Å². The molecule has 21 heavy (non-hydrogen) atoms. The molecule has 2 rings (SSSR count). The van der Waals surface area contributed by atoms with E-state index in [1.54, 1.807) is 24.3 Å². The summed E-state index contributed by atoms with van der Waals surface area (Å²) in [7, 11) is 0. The van der Waals surface area contributed by atoms with Crippen LogP contribution in [0.1, 0.15) is 15.9 Å². The molecule has 6 heteroatoms. The first-order chi connectivity index (χ1) is 9.97. The normalized spacial score (nSPS) is 10.1. The molecule has 108 valence electrons. The minimum atomic E-state index is -1.13. The van der Waals surface area contributed by atoms with Gasteiger partial charge in [0.1, 0.15) is 5.75 Å². The number of aromatic carboxylic acids is 1. The van der Waals surface area contributed by atoms with Crippen LogP contribution >= 0.6 is 15.9 Å². The van der Waals surface area contributed by atoms with Gasteiger partial charge in [0.15, 0.2) is 0 Å². The molecule has 3 N–H and O–H groups in total. The van der Waals surface area contributed by atoms with E-state index < -0.39 is 11.9 Å². The Hall–Kier alpha value is -2.34. The number of benzene rings is 2. The number of carbonyl (C=O) groups is 2. The Balaban J connectivity index is 2.17. The average molecular weight is 350 g/mol. The molecular formula is C15H12BrNO4. The maximum absolute atomic E-state index is 12.0. The Morgan fingerprint density at radius 2 is 1.86 bits per heavy atom. The van der Waals surface area contributed by atoms with Crippen LogP contribution in [0.2, 0.25) is 0 Å². The lowest BCUT2D eigenvalue weighted by atomic mass is 10.1. The molecule has 0 saturated carbocycles. The molecule has 0 aliphatic rings. The van der Waals surface area contributed by atoms with Crippen LogP contribution in [0.3, 0.4) is 0 Å². The molecule has 0 heterocycles. The van der Waals surface area contributed by atoms with E-state index in [0.29, 0.717) is 10.0 Å². The van der Waals surface area contributed by atoms with Crippen molar-refractivity contribution in [2.45, 2.75) is 6.42 Å². The Morgan fingerprint density at radius 1 is 1.14 bits per heavy atom. The van der Waals surface area contributed by atoms with Gasteiger partial charge in [0.2, 0.25) is 5.91 Å². The molecule has 0 aliphatic heterocycles. The van der Waals surface area contributed by atoms with Gasteiger partial charge in [-0.3, -0.25) is 4.79 Å². The van der Waals surface area contributed by atoms with Gasteiger partial charge < -0.3 is 15.5 Å². The minimum Gasteiger partial charge on any atom is -0.508 e. The number of anilines is 1. The van der Waals surface area contributed by atoms with Gasteiger partial charge in [-0.1, -0.05) is 34.1 Å². The van der Waals surface area contributed by atoms with Gasteiger partial charge in [-0.25, -0.2) is 4.79 Å². The van der Waals surface area contributed by atoms with E-state index in [4.69, 9.17) is 5.11 Å². The van der Waals surface area contributed by atoms with E-state index in [1.807, 2.05) is 0 Å². The van der Waals surface area contributed by atoms with Crippen LogP contribution in [-0.4, -0.2) is 22.1 Å². The highest BCUT2D eigenvalue weighted by Crippen LogP contribution is 2.22. The van der Waals surface area contributed by atoms with Crippen molar-refractivity contribution >= 4 is 33.5 Å². The number of hydrogen-bond donors (Lipinski definition) is 3. The van der Waals surface area contributed by atoms with Gasteiger partial charge in [-0.05, 0) is 24.3 Å². The maximum Gasteiger partial charge on any atom is 0.337 e. The molecule has 0 bridgehead atoms. The van der Waals surface area contributed by atoms with E-state index >= 15 is 0 Å². The molecular weight excluding hydrogens is 338 g/mol. The van der Waals surface area contributed by atoms with Crippen LogP contribution < -0.4 is 5.32 Å². The van der Waals surface area contributed by atoms with Crippen molar-refractivity contribution in [1.29, 1.82) is 0 Å². The van der Waals surface area contributed by atoms with Crippen LogP contribution in [0, 0.1) is 0 Å². The fraction of sp³-hybridized carbons (Fsp3) is 0.0667. The summed E-state index contributed by atoms with van der Waals surface area (Å²) >= 11 is 3.19. The van der Waals surface area contributed by atoms with Gasteiger partial charge >= 0.3 is 5.97 Å². The monoisotopic (exact) mass is 349 g/mol. The predicted molar refractivity (Wildman–Crippen MR) is 81.5 cm³/mol. The number of amides is 1. The molecule has 0 radical (unpaired) electrons. The summed E-state index contributed by atoms with van der Waals surface area (Å²) in [5.41, 5.74) is 0.685. The number of carboxylic acid groups (broad SMARTS) is 1. The van der Waals surface area contributed by atoms with Crippen LogP contribution in [0.15, 0.2) is 46.9 Å². The fourth-order valence-electron chi connectivity index (χ4n) is 1.83. The zero-order valence-electron chi connectivity index (χ0n) is 10.8. The lowest BCUT2D eigenvalue weighted by Gasteiger charge is -2.09. The largest absolute Gasteiger partial charge is 0.508 e. The lowest BCUT2D eigenvalue weighted by Crippen LogP contribution is -2.16. The molecule has 1 amide bonds. The average Bonchev–Trinajstić information content (AvgIpc) is 2.43. The summed E-state index contributed by atoms with van der Waals surface area (Å²) in [6.07, 6.45) is -0.0399. The van der Waals surface area contributed by atoms with Gasteiger partial charge in [-0.15, -0.1) is 0 Å². The Morgan fingerprint density at radius 3 is 2.52 bits per heavy atom. The highest BCUT2D eigenvalue weighted by Gasteiger charge is 2.14. The number of hydrogen-bond acceptors (Lipinski definition) is 3. The van der Waals surface area contributed by atoms with Crippen molar-refractivity contribution in [3.8, 4) is 5.75 Å². The molecule has 0 atom stereocenters. The van der Waals surface area contributed by atoms with Crippen molar-refractivity contribution < 1.29 is 19.8 Å². The topological polar surface area (TPSA) is 86.6 Å². The SMILES string of the molecule is O=C(Cc1ccccc1O)Nc1ccc(Br)cc1C(=O)O. The smallest absolute Gasteiger partial charge is 0.337 e. The molecule has 0 aliphatic carbocycles. The second kappa shape index (κ2) is 6.41. The van der Waals surface area contributed by atoms with Gasteiger partial charge in [-0.2, -0.15) is 0 Å². The Kier molecular flexibility index (Phi) is 4.59. The molecule has 5 nitrogen and oxygen atoms in total. The van der Waals surface area contributed by atoms with Crippen LogP contribution in [0.25, 0.3) is 0 Å². The van der Waals surface area contributed by atoms with Crippen molar-refractivity contribution in [3.63, 3.8) is 0 Å². The number of para-hydroxylation sites is 1. The zero-order chi connectivity index (χ0) is 15.4. The molecule has 0 saturated heterocycles. The number of phenolic OH excluding ortho intramolecular Hbond substituents is 1. The zero-order valence-corrected chi connectivity index (χ0v) is 12.4. The molecule has 0 unspecified atom stereocenters. The van der Waals surface area contributed by atoms with Crippen LogP contribution in [0.5, 0.6) is 5.75 Å². The van der Waals surface area contributed by atoms with Crippen molar-refractivity contribution in [1.82, 2.24) is 0 Å². The number of carbonyl (C=O) groups excluding carboxylic acids is 1. The van der Waals surface area contributed by atoms with Crippen molar-refractivity contribution in [2.75, 3.05) is 5.32 Å². The van der Waals surface area contributed by atoms with Crippen molar-refractivity contribution in [2.24, 2.45) is 0 Å². The van der Waals surface area contributed by atoms with Gasteiger partial charge in [0.25, 0.3) is 0 Å². The first-order valence-electron chi connectivity index (χ1n) is 6.07. The second-order valence-corrected chi connectivity index (χ2v) is 5.26. The predicted octanol–water partition coefficient (Wildman–Crippen LogP) is 3.03. The van der Waals surface area contributed by atoms with E-state index in [0.717, 1.165) is 0 Å². The molecule has 0 fully saturated rings. The van der Waals surface area contributed by atoms with Crippen molar-refractivity contribution in [3.05, 3.63) is 58.1 Å². The number of halogens is 1. The number of nitrogens with one attached hydrogen (secondary N) is 1. The standard InChI is InChI=1S/C15H12BrNO4/c16-10-5-6-12(11(8-10)15(20)21)17-14(19)7-9-3-1-2-4-13(9)18/h1-6,8,18H,7H2,(H,17,19)(H,20,21). The molecule has 2 aromatic carbocycles. The first-order valence-corrected chi connectivity index (χ1v) is 6.86. The van der Waals surface area contributed by atoms with E-state index in [-0.39, 0.29) is 23.4 Å². The maximum atomic E-state index is 12.0. The third kappa shape index (κ3) is 3.82. The number of carboxylic acids is 1. The summed E-state index contributed by atoms with van der Waals surface area (Å²) in [5.74, 6) is -1.50. The highest BCUT2D eigenvalue weighted by molar-refractivity contribution is 9.10. The first kappa shape index (κ1) is 15.1. The summed E-state index contributed by atoms with van der Waals surface area (Å²) in [6.45, 7) is 0. The number of phenols is 1. The lowest BCUT2D eigenvalue weighted by molar-refractivity contribution is -0.115. The summed E-state index contributed by atoms with van der Waals surface area (Å²) < 4.78 is 0.610. The Bertz CT molecular complexity index is 700. The fourth-order valence-corrected chi connectivity index (χ4v) is 2.19. The molecule has 0 aromatic heterocycles. The van der Waals surface area contributed by atoms with Crippen LogP contribution in [0.4, 0.5) is 5.69 Å². The minimum absolute atomic E-state index is 0.00462.